The molecule has 0 saturated carbocycles. The quantitative estimate of drug-likeness (QED) is 0.435. The Morgan fingerprint density at radius 3 is 2.90 bits per heavy atom. The van der Waals surface area contributed by atoms with Crippen LogP contribution in [0.4, 0.5) is 5.69 Å². The lowest BCUT2D eigenvalue weighted by Gasteiger charge is -2.22. The maximum Gasteiger partial charge on any atom is 0.254 e. The first kappa shape index (κ1) is 22.0. The highest BCUT2D eigenvalue weighted by Gasteiger charge is 2.28. The van der Waals surface area contributed by atoms with E-state index in [1.807, 2.05) is 30.5 Å². The molecule has 9 heteroatoms. The number of nitrogens with two attached hydrogens (primary N) is 1. The molecule has 0 spiro atoms. The van der Waals surface area contributed by atoms with Crippen molar-refractivity contribution in [2.24, 2.45) is 5.73 Å². The van der Waals surface area contributed by atoms with Crippen molar-refractivity contribution in [1.82, 2.24) is 14.9 Å². The predicted octanol–water partition coefficient (Wildman–Crippen LogP) is 1.82. The van der Waals surface area contributed by atoms with Crippen LogP contribution in [-0.4, -0.2) is 45.5 Å². The Morgan fingerprint density at radius 2 is 2.20 bits per heavy atom. The number of benzene rings is 1. The second-order valence-electron chi connectivity index (χ2n) is 7.42. The smallest absolute Gasteiger partial charge is 0.254 e. The molecule has 2 heterocycles. The average Bonchev–Trinajstić information content (AvgIpc) is 3.15. The molecule has 1 saturated heterocycles. The first-order valence-electron chi connectivity index (χ1n) is 9.93. The van der Waals surface area contributed by atoms with E-state index in [1.165, 1.54) is 11.8 Å². The number of aryl methyl sites for hydroxylation is 1. The van der Waals surface area contributed by atoms with Crippen LogP contribution in [0.2, 0.25) is 0 Å². The topological polar surface area (TPSA) is 121 Å². The number of nitrogens with one attached hydrogen (secondary N) is 2. The van der Waals surface area contributed by atoms with Crippen LogP contribution in [0, 0.1) is 6.92 Å². The van der Waals surface area contributed by atoms with Crippen molar-refractivity contribution in [2.45, 2.75) is 50.4 Å². The summed E-state index contributed by atoms with van der Waals surface area (Å²) in [7, 11) is 0. The molecule has 4 N–H and O–H groups in total. The number of hydrogen-bond donors (Lipinski definition) is 3. The Balaban J connectivity index is 1.59. The number of aromatic nitrogens is 2. The zero-order valence-electron chi connectivity index (χ0n) is 17.2. The van der Waals surface area contributed by atoms with E-state index in [0.717, 1.165) is 24.9 Å². The van der Waals surface area contributed by atoms with Crippen molar-refractivity contribution in [1.29, 1.82) is 0 Å². The molecule has 30 heavy (non-hydrogen) atoms. The van der Waals surface area contributed by atoms with E-state index in [1.54, 1.807) is 6.92 Å². The standard InChI is InChI=1S/C21H27N5O3S/c1-13-16(20(29)25-21(23-13)30-2)8-9-18(27)24-15-6-3-5-14(11-15)12-26-10-4-7-17(26)19(22)28/h3,5-6,11,17H,4,7-10,12H2,1-2H3,(H2,22,28)(H,24,27)(H,23,25,29). The van der Waals surface area contributed by atoms with Gasteiger partial charge in [-0.25, -0.2) is 4.98 Å². The highest BCUT2D eigenvalue weighted by molar-refractivity contribution is 7.98. The van der Waals surface area contributed by atoms with Crippen LogP contribution in [0.3, 0.4) is 0 Å². The lowest BCUT2D eigenvalue weighted by molar-refractivity contribution is -0.122. The number of likely N-dealkylation sites (tertiary alicyclic amines) is 1. The van der Waals surface area contributed by atoms with Crippen LogP contribution in [0.25, 0.3) is 0 Å². The number of carbonyl (C=O) groups is 2. The number of carbonyl (C=O) groups excluding carboxylic acids is 2. The monoisotopic (exact) mass is 429 g/mol. The number of hydrogen-bond acceptors (Lipinski definition) is 6. The number of amides is 2. The largest absolute Gasteiger partial charge is 0.368 e. The summed E-state index contributed by atoms with van der Waals surface area (Å²) < 4.78 is 0. The molecule has 1 fully saturated rings. The third-order valence-electron chi connectivity index (χ3n) is 5.28. The van der Waals surface area contributed by atoms with E-state index in [2.05, 4.69) is 20.2 Å². The van der Waals surface area contributed by atoms with Crippen LogP contribution >= 0.6 is 11.8 Å². The minimum Gasteiger partial charge on any atom is -0.368 e. The number of H-pyrrole nitrogens is 1. The second kappa shape index (κ2) is 9.90. The van der Waals surface area contributed by atoms with E-state index in [0.29, 0.717) is 35.1 Å². The number of aromatic amines is 1. The summed E-state index contributed by atoms with van der Waals surface area (Å²) in [5, 5.41) is 3.46. The van der Waals surface area contributed by atoms with Gasteiger partial charge in [-0.05, 0) is 56.7 Å². The van der Waals surface area contributed by atoms with Crippen molar-refractivity contribution in [3.63, 3.8) is 0 Å². The molecule has 2 aromatic rings. The van der Waals surface area contributed by atoms with E-state index in [4.69, 9.17) is 5.73 Å². The van der Waals surface area contributed by atoms with Gasteiger partial charge in [0.15, 0.2) is 5.16 Å². The summed E-state index contributed by atoms with van der Waals surface area (Å²) >= 11 is 1.37. The fourth-order valence-electron chi connectivity index (χ4n) is 3.76. The Kier molecular flexibility index (Phi) is 7.28. The van der Waals surface area contributed by atoms with Gasteiger partial charge in [0.2, 0.25) is 11.8 Å². The highest BCUT2D eigenvalue weighted by Crippen LogP contribution is 2.21. The Morgan fingerprint density at radius 1 is 1.40 bits per heavy atom. The fourth-order valence-corrected chi connectivity index (χ4v) is 4.18. The van der Waals surface area contributed by atoms with Gasteiger partial charge in [-0.2, -0.15) is 0 Å². The van der Waals surface area contributed by atoms with Crippen LogP contribution in [0.5, 0.6) is 0 Å². The minimum absolute atomic E-state index is 0.170. The van der Waals surface area contributed by atoms with E-state index in [-0.39, 0.29) is 29.8 Å². The molecule has 1 atom stereocenters. The number of anilines is 1. The van der Waals surface area contributed by atoms with Crippen molar-refractivity contribution >= 4 is 29.3 Å². The van der Waals surface area contributed by atoms with Gasteiger partial charge in [0.25, 0.3) is 5.56 Å². The summed E-state index contributed by atoms with van der Waals surface area (Å²) in [5.41, 5.74) is 8.16. The molecule has 0 bridgehead atoms. The van der Waals surface area contributed by atoms with E-state index >= 15 is 0 Å². The van der Waals surface area contributed by atoms with Gasteiger partial charge >= 0.3 is 0 Å². The van der Waals surface area contributed by atoms with Gasteiger partial charge in [0, 0.05) is 29.9 Å². The second-order valence-corrected chi connectivity index (χ2v) is 8.21. The third kappa shape index (κ3) is 5.48. The van der Waals surface area contributed by atoms with Gasteiger partial charge in [0.05, 0.1) is 6.04 Å². The van der Waals surface area contributed by atoms with Crippen LogP contribution < -0.4 is 16.6 Å². The molecule has 3 rings (SSSR count). The SMILES string of the molecule is CSc1nc(C)c(CCC(=O)Nc2cccc(CN3CCCC3C(N)=O)c2)c(=O)[nH]1. The average molecular weight is 430 g/mol. The molecular weight excluding hydrogens is 402 g/mol. The van der Waals surface area contributed by atoms with Gasteiger partial charge in [-0.3, -0.25) is 19.3 Å². The van der Waals surface area contributed by atoms with Crippen LogP contribution in [0.1, 0.15) is 36.1 Å². The van der Waals surface area contributed by atoms with Gasteiger partial charge < -0.3 is 16.0 Å². The van der Waals surface area contributed by atoms with E-state index < -0.39 is 0 Å². The van der Waals surface area contributed by atoms with Crippen molar-refractivity contribution in [3.05, 3.63) is 51.4 Å². The maximum atomic E-state index is 12.4. The number of rotatable bonds is 8. The molecular formula is C21H27N5O3S. The molecule has 8 nitrogen and oxygen atoms in total. The third-order valence-corrected chi connectivity index (χ3v) is 5.86. The van der Waals surface area contributed by atoms with Crippen molar-refractivity contribution in [2.75, 3.05) is 18.1 Å². The van der Waals surface area contributed by atoms with Gasteiger partial charge in [0.1, 0.15) is 0 Å². The molecule has 1 aliphatic rings. The zero-order chi connectivity index (χ0) is 21.7. The predicted molar refractivity (Wildman–Crippen MR) is 117 cm³/mol. The van der Waals surface area contributed by atoms with Gasteiger partial charge in [-0.15, -0.1) is 0 Å². The van der Waals surface area contributed by atoms with Crippen LogP contribution in [-0.2, 0) is 22.6 Å². The Bertz CT molecular complexity index is 991. The first-order chi connectivity index (χ1) is 14.4. The molecule has 0 aliphatic carbocycles. The summed E-state index contributed by atoms with van der Waals surface area (Å²) in [6.07, 6.45) is 4.09. The summed E-state index contributed by atoms with van der Waals surface area (Å²) in [5.74, 6) is -0.460. The molecule has 160 valence electrons. The molecule has 1 unspecified atom stereocenters. The molecule has 1 aromatic heterocycles. The summed E-state index contributed by atoms with van der Waals surface area (Å²) in [6, 6.07) is 7.34. The van der Waals surface area contributed by atoms with Crippen molar-refractivity contribution in [3.8, 4) is 0 Å². The normalized spacial score (nSPS) is 16.5. The number of nitrogens with zero attached hydrogens (tertiary/aromatic N) is 2. The summed E-state index contributed by atoms with van der Waals surface area (Å²) in [6.45, 7) is 3.23. The lowest BCUT2D eigenvalue weighted by Crippen LogP contribution is -2.39. The number of primary amides is 1. The molecule has 1 aromatic carbocycles. The van der Waals surface area contributed by atoms with E-state index in [9.17, 15) is 14.4 Å². The Hall–Kier alpha value is -2.65. The molecule has 0 radical (unpaired) electrons. The maximum absolute atomic E-state index is 12.4. The molecule has 2 amide bonds. The van der Waals surface area contributed by atoms with Crippen LogP contribution in [0.15, 0.2) is 34.2 Å². The van der Waals surface area contributed by atoms with Gasteiger partial charge in [-0.1, -0.05) is 23.9 Å². The molecule has 1 aliphatic heterocycles. The number of thioether (sulfide) groups is 1. The van der Waals surface area contributed by atoms with Crippen molar-refractivity contribution < 1.29 is 9.59 Å². The zero-order valence-corrected chi connectivity index (χ0v) is 18.1. The fraction of sp³-hybridized carbons (Fsp3) is 0.429. The first-order valence-corrected chi connectivity index (χ1v) is 11.2. The summed E-state index contributed by atoms with van der Waals surface area (Å²) in [4.78, 5) is 45.3. The highest BCUT2D eigenvalue weighted by atomic mass is 32.2. The minimum atomic E-state index is -0.290. The lowest BCUT2D eigenvalue weighted by atomic mass is 10.1. The Labute approximate surface area is 179 Å².